The fraction of sp³-hybridized carbons (Fsp3) is 0.0741. The molecule has 5 rings (SSSR count). The number of rotatable bonds is 11. The van der Waals surface area contributed by atoms with E-state index in [1.165, 1.54) is 26.4 Å². The van der Waals surface area contributed by atoms with Crippen molar-refractivity contribution in [3.63, 3.8) is 0 Å². The zero-order chi connectivity index (χ0) is 39.0. The van der Waals surface area contributed by atoms with E-state index < -0.39 is 101 Å². The Kier molecular flexibility index (Phi) is 10.7. The molecule has 21 nitrogen and oxygen atoms in total. The van der Waals surface area contributed by atoms with Gasteiger partial charge < -0.3 is 25.0 Å². The van der Waals surface area contributed by atoms with E-state index in [-0.39, 0.29) is 22.9 Å². The minimum atomic E-state index is -5.36. The monoisotopic (exact) mass is 830 g/mol. The van der Waals surface area contributed by atoms with Crippen molar-refractivity contribution in [1.29, 1.82) is 0 Å². The lowest BCUT2D eigenvalue weighted by molar-refractivity contribution is 0.355. The highest BCUT2D eigenvalue weighted by Gasteiger charge is 2.28. The van der Waals surface area contributed by atoms with Crippen molar-refractivity contribution in [2.75, 3.05) is 19.5 Å². The van der Waals surface area contributed by atoms with Crippen molar-refractivity contribution < 1.29 is 58.6 Å². The zero-order valence-corrected chi connectivity index (χ0v) is 30.2. The summed E-state index contributed by atoms with van der Waals surface area (Å²) in [5.41, 5.74) is -2.33. The minimum absolute atomic E-state index is 0.0212. The second-order valence-corrected chi connectivity index (χ2v) is 14.9. The molecule has 53 heavy (non-hydrogen) atoms. The summed E-state index contributed by atoms with van der Waals surface area (Å²) in [5.74, 6) is -1.92. The van der Waals surface area contributed by atoms with Gasteiger partial charge in [0.15, 0.2) is 17.2 Å². The lowest BCUT2D eigenvalue weighted by Gasteiger charge is -2.15. The number of halogens is 2. The molecule has 0 unspecified atom stereocenters. The first-order chi connectivity index (χ1) is 24.7. The predicted molar refractivity (Wildman–Crippen MR) is 184 cm³/mol. The fourth-order valence-corrected chi connectivity index (χ4v) is 6.89. The van der Waals surface area contributed by atoms with Crippen LogP contribution in [0, 0.1) is 0 Å². The molecule has 1 aromatic heterocycles. The Bertz CT molecular complexity index is 2700. The van der Waals surface area contributed by atoms with E-state index in [2.05, 4.69) is 40.7 Å². The Morgan fingerprint density at radius 1 is 0.660 bits per heavy atom. The van der Waals surface area contributed by atoms with Crippen LogP contribution in [0.4, 0.5) is 34.4 Å². The topological polar surface area (TPSA) is 322 Å². The van der Waals surface area contributed by atoms with Crippen LogP contribution in [0.25, 0.3) is 10.8 Å². The normalized spacial score (nSPS) is 12.5. The van der Waals surface area contributed by atoms with Crippen LogP contribution < -0.4 is 14.8 Å². The van der Waals surface area contributed by atoms with E-state index >= 15 is 0 Å². The molecule has 4 aromatic carbocycles. The number of hydrogen-bond acceptors (Lipinski definition) is 18. The molecule has 278 valence electrons. The Morgan fingerprint density at radius 2 is 1.23 bits per heavy atom. The number of fused-ring (bicyclic) bond motifs is 1. The molecule has 0 amide bonds. The van der Waals surface area contributed by atoms with E-state index in [1.807, 2.05) is 0 Å². The van der Waals surface area contributed by atoms with Crippen LogP contribution in [0.15, 0.2) is 83.7 Å². The molecule has 0 bridgehead atoms. The molecule has 0 saturated carbocycles. The van der Waals surface area contributed by atoms with Gasteiger partial charge in [-0.3, -0.25) is 13.7 Å². The van der Waals surface area contributed by atoms with Gasteiger partial charge in [-0.05, 0) is 59.6 Å². The Balaban J connectivity index is 1.71. The number of azo groups is 2. The van der Waals surface area contributed by atoms with Crippen molar-refractivity contribution >= 4 is 98.7 Å². The molecule has 0 radical (unpaired) electrons. The first-order valence-electron chi connectivity index (χ1n) is 13.7. The van der Waals surface area contributed by atoms with E-state index in [0.717, 1.165) is 30.3 Å². The van der Waals surface area contributed by atoms with Gasteiger partial charge in [0.2, 0.25) is 16.5 Å². The second kappa shape index (κ2) is 14.6. The van der Waals surface area contributed by atoms with Crippen LogP contribution in [0.5, 0.6) is 23.0 Å². The highest BCUT2D eigenvalue weighted by atomic mass is 35.5. The number of nitrogens with one attached hydrogen (secondary N) is 1. The molecule has 0 saturated heterocycles. The lowest BCUT2D eigenvalue weighted by Crippen LogP contribution is -2.08. The van der Waals surface area contributed by atoms with Gasteiger partial charge in [0, 0.05) is 22.9 Å². The molecular formula is C27H20Cl2N8O13S3. The van der Waals surface area contributed by atoms with Crippen molar-refractivity contribution in [2.24, 2.45) is 20.5 Å². The number of aromatic nitrogens is 3. The third-order valence-corrected chi connectivity index (χ3v) is 9.81. The largest absolute Gasteiger partial charge is 0.506 e. The number of phenolic OH excluding ortho intramolecular Hbond substituents is 2. The summed E-state index contributed by atoms with van der Waals surface area (Å²) in [7, 11) is -12.8. The van der Waals surface area contributed by atoms with Gasteiger partial charge in [0.05, 0.1) is 24.8 Å². The standard InChI is InChI=1S/C27H20Cl2N8O13S3/c1-49-19-9-15(34-36-17-7-11(51(40,41)42)3-6-18(17)38)16(10-20(19)50-2)35-37-22-21(52(43,44)45)8-13-12(23(22)39)4-5-14(24(13)53(46,47)48)30-27-32-25(28)31-26(29)33-27/h3-10,38-39H,1-2H3,(H,40,41,42)(H,43,44,45)(H,46,47,48)(H,30,31,32,33). The molecule has 0 atom stereocenters. The summed E-state index contributed by atoms with van der Waals surface area (Å²) in [4.78, 5) is 8.20. The number of hydrogen-bond donors (Lipinski definition) is 6. The SMILES string of the molecule is COc1cc(N=Nc2cc(S(=O)(=O)O)ccc2O)c(N=Nc2c(S(=O)(=O)O)cc3c(S(=O)(=O)O)c(Nc4nc(Cl)nc(Cl)n4)ccc3c2O)cc1OC. The van der Waals surface area contributed by atoms with Gasteiger partial charge >= 0.3 is 0 Å². The summed E-state index contributed by atoms with van der Waals surface area (Å²) >= 11 is 11.5. The minimum Gasteiger partial charge on any atom is -0.506 e. The first kappa shape index (κ1) is 38.9. The van der Waals surface area contributed by atoms with E-state index in [9.17, 15) is 49.1 Å². The molecule has 0 spiro atoms. The maximum atomic E-state index is 12.6. The average Bonchev–Trinajstić information content (AvgIpc) is 3.05. The third-order valence-electron chi connectivity index (χ3n) is 6.80. The molecule has 0 fully saturated rings. The molecule has 0 aliphatic rings. The lowest BCUT2D eigenvalue weighted by atomic mass is 10.1. The fourth-order valence-electron chi connectivity index (χ4n) is 4.54. The van der Waals surface area contributed by atoms with Gasteiger partial charge in [0.1, 0.15) is 38.3 Å². The number of ether oxygens (including phenoxy) is 2. The summed E-state index contributed by atoms with van der Waals surface area (Å²) < 4.78 is 114. The van der Waals surface area contributed by atoms with E-state index in [4.69, 9.17) is 32.7 Å². The summed E-state index contributed by atoms with van der Waals surface area (Å²) in [6.45, 7) is 0. The Hall–Kier alpha value is -5.34. The summed E-state index contributed by atoms with van der Waals surface area (Å²) in [6, 6.07) is 7.70. The van der Waals surface area contributed by atoms with Gasteiger partial charge in [-0.1, -0.05) is 0 Å². The van der Waals surface area contributed by atoms with Crippen LogP contribution in [-0.4, -0.2) is 78.3 Å². The number of nitrogens with zero attached hydrogens (tertiary/aromatic N) is 7. The van der Waals surface area contributed by atoms with Crippen molar-refractivity contribution in [3.05, 3.63) is 59.1 Å². The zero-order valence-electron chi connectivity index (χ0n) is 26.2. The maximum Gasteiger partial charge on any atom is 0.297 e. The summed E-state index contributed by atoms with van der Waals surface area (Å²) in [6.07, 6.45) is 0. The number of methoxy groups -OCH3 is 2. The second-order valence-electron chi connectivity index (χ2n) is 10.1. The number of anilines is 2. The highest BCUT2D eigenvalue weighted by molar-refractivity contribution is 7.86. The van der Waals surface area contributed by atoms with Crippen molar-refractivity contribution in [3.8, 4) is 23.0 Å². The van der Waals surface area contributed by atoms with Gasteiger partial charge in [-0.2, -0.15) is 40.2 Å². The predicted octanol–water partition coefficient (Wildman–Crippen LogP) is 6.07. The Morgan fingerprint density at radius 3 is 1.75 bits per heavy atom. The molecule has 6 N–H and O–H groups in total. The third kappa shape index (κ3) is 8.50. The van der Waals surface area contributed by atoms with Crippen LogP contribution in [0.1, 0.15) is 0 Å². The van der Waals surface area contributed by atoms with Crippen LogP contribution in [0.2, 0.25) is 10.6 Å². The van der Waals surface area contributed by atoms with Gasteiger partial charge in [0.25, 0.3) is 30.4 Å². The quantitative estimate of drug-likeness (QED) is 0.0649. The average molecular weight is 832 g/mol. The molecule has 26 heteroatoms. The van der Waals surface area contributed by atoms with E-state index in [0.29, 0.717) is 6.07 Å². The molecule has 1 heterocycles. The molecule has 5 aromatic rings. The number of aromatic hydroxyl groups is 2. The smallest absolute Gasteiger partial charge is 0.297 e. The summed E-state index contributed by atoms with van der Waals surface area (Å²) in [5, 5.41) is 37.5. The molecule has 0 aliphatic carbocycles. The molecule has 0 aliphatic heterocycles. The van der Waals surface area contributed by atoms with Gasteiger partial charge in [-0.25, -0.2) is 0 Å². The Labute approximate surface area is 307 Å². The van der Waals surface area contributed by atoms with Crippen molar-refractivity contribution in [1.82, 2.24) is 15.0 Å². The van der Waals surface area contributed by atoms with Crippen molar-refractivity contribution in [2.45, 2.75) is 14.7 Å². The van der Waals surface area contributed by atoms with Crippen LogP contribution in [-0.2, 0) is 30.4 Å². The molecular weight excluding hydrogens is 811 g/mol. The van der Waals surface area contributed by atoms with Crippen LogP contribution in [0.3, 0.4) is 0 Å². The highest BCUT2D eigenvalue weighted by Crippen LogP contribution is 2.47. The van der Waals surface area contributed by atoms with Crippen LogP contribution >= 0.6 is 23.2 Å². The van der Waals surface area contributed by atoms with Gasteiger partial charge in [-0.15, -0.1) is 20.5 Å². The number of benzene rings is 4. The van der Waals surface area contributed by atoms with E-state index in [1.54, 1.807) is 0 Å². The maximum absolute atomic E-state index is 12.6. The first-order valence-corrected chi connectivity index (χ1v) is 18.8. The number of phenols is 2.